The summed E-state index contributed by atoms with van der Waals surface area (Å²) in [4.78, 5) is 0. The average molecular weight is 212 g/mol. The predicted octanol–water partition coefficient (Wildman–Crippen LogP) is 3.95. The highest BCUT2D eigenvalue weighted by Crippen LogP contribution is 2.29. The van der Waals surface area contributed by atoms with Crippen molar-refractivity contribution in [2.75, 3.05) is 0 Å². The molecule has 2 aromatic carbocycles. The standard InChI is InChI=1S/C15H15N/c1-10-4-6-14-12(8-10)13-9-11(2)5-7-15(13)16(14)3/h4-9H,1-3H3/i1D3. The molecule has 1 heteroatoms. The van der Waals surface area contributed by atoms with Crippen molar-refractivity contribution < 1.29 is 4.11 Å². The maximum absolute atomic E-state index is 7.53. The first-order chi connectivity index (χ1) is 8.88. The molecule has 1 nitrogen and oxygen atoms in total. The molecule has 3 rings (SSSR count). The summed E-state index contributed by atoms with van der Waals surface area (Å²) >= 11 is 0. The van der Waals surface area contributed by atoms with Crippen molar-refractivity contribution in [3.63, 3.8) is 0 Å². The minimum atomic E-state index is -2.06. The van der Waals surface area contributed by atoms with Gasteiger partial charge >= 0.3 is 0 Å². The lowest BCUT2D eigenvalue weighted by atomic mass is 10.1. The third kappa shape index (κ3) is 1.18. The van der Waals surface area contributed by atoms with Crippen LogP contribution in [0.3, 0.4) is 0 Å². The van der Waals surface area contributed by atoms with Gasteiger partial charge in [-0.1, -0.05) is 23.3 Å². The smallest absolute Gasteiger partial charge is 0.0488 e. The summed E-state index contributed by atoms with van der Waals surface area (Å²) in [5.74, 6) is 0. The molecule has 0 aliphatic heterocycles. The molecule has 0 aliphatic carbocycles. The van der Waals surface area contributed by atoms with Crippen molar-refractivity contribution in [2.24, 2.45) is 7.05 Å². The summed E-state index contributed by atoms with van der Waals surface area (Å²) in [6, 6.07) is 11.7. The topological polar surface area (TPSA) is 4.93 Å². The zero-order valence-corrected chi connectivity index (χ0v) is 9.41. The lowest BCUT2D eigenvalue weighted by Gasteiger charge is -1.97. The molecule has 0 fully saturated rings. The van der Waals surface area contributed by atoms with Crippen LogP contribution in [0, 0.1) is 13.8 Å². The van der Waals surface area contributed by atoms with E-state index < -0.39 is 6.85 Å². The molecule has 1 heterocycles. The average Bonchev–Trinajstić information content (AvgIpc) is 2.61. The van der Waals surface area contributed by atoms with E-state index in [1.807, 2.05) is 20.0 Å². The predicted molar refractivity (Wildman–Crippen MR) is 69.9 cm³/mol. The third-order valence-corrected chi connectivity index (χ3v) is 3.16. The number of hydrogen-bond acceptors (Lipinski definition) is 0. The second-order valence-corrected chi connectivity index (χ2v) is 4.31. The summed E-state index contributed by atoms with van der Waals surface area (Å²) in [6.45, 7) is -0.00787. The van der Waals surface area contributed by atoms with E-state index in [4.69, 9.17) is 4.11 Å². The van der Waals surface area contributed by atoms with Crippen molar-refractivity contribution in [2.45, 2.75) is 13.8 Å². The van der Waals surface area contributed by atoms with Gasteiger partial charge in [0.1, 0.15) is 0 Å². The zero-order chi connectivity index (χ0) is 13.8. The fraction of sp³-hybridized carbons (Fsp3) is 0.200. The minimum absolute atomic E-state index is 0.397. The van der Waals surface area contributed by atoms with E-state index in [9.17, 15) is 0 Å². The largest absolute Gasteiger partial charge is 0.344 e. The monoisotopic (exact) mass is 212 g/mol. The van der Waals surface area contributed by atoms with Crippen LogP contribution in [0.4, 0.5) is 0 Å². The number of benzene rings is 2. The molecule has 0 bridgehead atoms. The van der Waals surface area contributed by atoms with Gasteiger partial charge in [0.15, 0.2) is 0 Å². The normalized spacial score (nSPS) is 15.0. The number of aryl methyl sites for hydroxylation is 3. The molecule has 0 unspecified atom stereocenters. The fourth-order valence-corrected chi connectivity index (χ4v) is 2.33. The van der Waals surface area contributed by atoms with Crippen LogP contribution in [0.25, 0.3) is 21.8 Å². The van der Waals surface area contributed by atoms with Gasteiger partial charge in [-0.25, -0.2) is 0 Å². The first-order valence-corrected chi connectivity index (χ1v) is 5.37. The van der Waals surface area contributed by atoms with Gasteiger partial charge in [0.2, 0.25) is 0 Å². The van der Waals surface area contributed by atoms with Crippen LogP contribution in [0.1, 0.15) is 15.2 Å². The highest BCUT2D eigenvalue weighted by atomic mass is 14.9. The van der Waals surface area contributed by atoms with Crippen LogP contribution in [-0.2, 0) is 7.05 Å². The second-order valence-electron chi connectivity index (χ2n) is 4.31. The Kier molecular flexibility index (Phi) is 1.31. The van der Waals surface area contributed by atoms with E-state index in [0.29, 0.717) is 5.56 Å². The summed E-state index contributed by atoms with van der Waals surface area (Å²) in [5.41, 5.74) is 3.77. The first kappa shape index (κ1) is 6.74. The second kappa shape index (κ2) is 3.11. The molecule has 16 heavy (non-hydrogen) atoms. The number of aromatic nitrogens is 1. The Morgan fingerprint density at radius 1 is 0.938 bits per heavy atom. The Labute approximate surface area is 99.5 Å². The molecule has 0 aliphatic rings. The molecule has 3 aromatic rings. The summed E-state index contributed by atoms with van der Waals surface area (Å²) in [6.07, 6.45) is 0. The van der Waals surface area contributed by atoms with Crippen LogP contribution >= 0.6 is 0 Å². The Morgan fingerprint density at radius 2 is 1.50 bits per heavy atom. The van der Waals surface area contributed by atoms with Crippen LogP contribution in [0.15, 0.2) is 36.4 Å². The van der Waals surface area contributed by atoms with Gasteiger partial charge in [0, 0.05) is 33.0 Å². The van der Waals surface area contributed by atoms with Gasteiger partial charge in [0.05, 0.1) is 0 Å². The Balaban J connectivity index is 2.44. The number of rotatable bonds is 0. The minimum Gasteiger partial charge on any atom is -0.344 e. The molecule has 0 N–H and O–H groups in total. The first-order valence-electron chi connectivity index (χ1n) is 6.87. The summed E-state index contributed by atoms with van der Waals surface area (Å²) in [5, 5.41) is 2.12. The summed E-state index contributed by atoms with van der Waals surface area (Å²) < 4.78 is 24.7. The van der Waals surface area contributed by atoms with Crippen molar-refractivity contribution >= 4 is 21.8 Å². The van der Waals surface area contributed by atoms with E-state index in [0.717, 1.165) is 21.8 Å². The van der Waals surface area contributed by atoms with E-state index in [-0.39, 0.29) is 0 Å². The van der Waals surface area contributed by atoms with Gasteiger partial charge in [-0.05, 0) is 38.0 Å². The molecule has 0 saturated carbocycles. The van der Waals surface area contributed by atoms with Gasteiger partial charge < -0.3 is 4.57 Å². The Hall–Kier alpha value is -1.76. The van der Waals surface area contributed by atoms with Gasteiger partial charge in [-0.15, -0.1) is 0 Å². The van der Waals surface area contributed by atoms with Crippen molar-refractivity contribution in [3.8, 4) is 0 Å². The Morgan fingerprint density at radius 3 is 2.12 bits per heavy atom. The molecule has 80 valence electrons. The molecule has 0 atom stereocenters. The maximum Gasteiger partial charge on any atom is 0.0488 e. The van der Waals surface area contributed by atoms with E-state index >= 15 is 0 Å². The van der Waals surface area contributed by atoms with Crippen molar-refractivity contribution in [3.05, 3.63) is 47.5 Å². The van der Waals surface area contributed by atoms with Crippen LogP contribution in [-0.4, -0.2) is 4.57 Å². The zero-order valence-electron chi connectivity index (χ0n) is 12.4. The lowest BCUT2D eigenvalue weighted by molar-refractivity contribution is 1.01. The highest BCUT2D eigenvalue weighted by molar-refractivity contribution is 6.08. The Bertz CT molecular complexity index is 781. The fourth-order valence-electron chi connectivity index (χ4n) is 2.33. The number of hydrogen-bond donors (Lipinski definition) is 0. The molecule has 0 radical (unpaired) electrons. The van der Waals surface area contributed by atoms with Crippen LogP contribution in [0.2, 0.25) is 0 Å². The molecule has 1 aromatic heterocycles. The highest BCUT2D eigenvalue weighted by Gasteiger charge is 2.07. The van der Waals surface area contributed by atoms with Gasteiger partial charge in [-0.3, -0.25) is 0 Å². The van der Waals surface area contributed by atoms with E-state index in [1.165, 1.54) is 5.56 Å². The van der Waals surface area contributed by atoms with Gasteiger partial charge in [0.25, 0.3) is 0 Å². The van der Waals surface area contributed by atoms with E-state index in [1.54, 1.807) is 12.1 Å². The molecular formula is C15H15N. The van der Waals surface area contributed by atoms with Crippen LogP contribution < -0.4 is 0 Å². The van der Waals surface area contributed by atoms with Crippen molar-refractivity contribution in [1.82, 2.24) is 4.57 Å². The quantitative estimate of drug-likeness (QED) is 0.532. The SMILES string of the molecule is [2H]C([2H])([2H])c1ccc2c(c1)c1cc(C)ccc1n2C. The number of fused-ring (bicyclic) bond motifs is 3. The van der Waals surface area contributed by atoms with E-state index in [2.05, 4.69) is 22.8 Å². The molecule has 0 spiro atoms. The maximum atomic E-state index is 7.53. The van der Waals surface area contributed by atoms with Crippen LogP contribution in [0.5, 0.6) is 0 Å². The van der Waals surface area contributed by atoms with Crippen molar-refractivity contribution in [1.29, 1.82) is 0 Å². The molecular weight excluding hydrogens is 194 g/mol. The lowest BCUT2D eigenvalue weighted by Crippen LogP contribution is -1.86. The van der Waals surface area contributed by atoms with Gasteiger partial charge in [-0.2, -0.15) is 0 Å². The summed E-state index contributed by atoms with van der Waals surface area (Å²) in [7, 11) is 2.01. The third-order valence-electron chi connectivity index (χ3n) is 3.16. The molecule has 0 saturated heterocycles. The number of nitrogens with zero attached hydrogens (tertiary/aromatic N) is 1. The molecule has 0 amide bonds.